The van der Waals surface area contributed by atoms with Crippen molar-refractivity contribution in [1.29, 1.82) is 0 Å². The van der Waals surface area contributed by atoms with Crippen LogP contribution < -0.4 is 15.4 Å². The van der Waals surface area contributed by atoms with Gasteiger partial charge < -0.3 is 25.0 Å². The van der Waals surface area contributed by atoms with Crippen molar-refractivity contribution in [3.63, 3.8) is 0 Å². The molecule has 0 fully saturated rings. The second-order valence-electron chi connectivity index (χ2n) is 7.95. The average molecular weight is 441 g/mol. The van der Waals surface area contributed by atoms with Crippen LogP contribution in [0.3, 0.4) is 0 Å². The van der Waals surface area contributed by atoms with E-state index in [0.29, 0.717) is 24.2 Å². The number of amides is 1. The third-order valence-corrected chi connectivity index (χ3v) is 5.80. The number of rotatable bonds is 6. The van der Waals surface area contributed by atoms with Crippen LogP contribution in [0.1, 0.15) is 21.5 Å². The van der Waals surface area contributed by atoms with Crippen LogP contribution in [0.4, 0.5) is 17.1 Å². The number of hydrogen-bond acceptors (Lipinski definition) is 5. The van der Waals surface area contributed by atoms with Crippen molar-refractivity contribution in [3.8, 4) is 16.9 Å². The number of ether oxygens (including phenoxy) is 1. The lowest BCUT2D eigenvalue weighted by Gasteiger charge is -2.14. The molecular formula is C26H24N4O3. The van der Waals surface area contributed by atoms with Crippen LogP contribution in [0, 0.1) is 0 Å². The molecule has 33 heavy (non-hydrogen) atoms. The Kier molecular flexibility index (Phi) is 5.54. The Bertz CT molecular complexity index is 1320. The number of benzene rings is 3. The van der Waals surface area contributed by atoms with Gasteiger partial charge in [-0.1, -0.05) is 24.3 Å². The van der Waals surface area contributed by atoms with Gasteiger partial charge in [-0.25, -0.2) is 4.98 Å². The first-order chi connectivity index (χ1) is 16.1. The maximum Gasteiger partial charge on any atom is 0.257 e. The number of aliphatic hydroxyl groups excluding tert-OH is 1. The van der Waals surface area contributed by atoms with Gasteiger partial charge in [-0.05, 0) is 53.4 Å². The normalized spacial score (nSPS) is 12.2. The molecule has 7 nitrogen and oxygen atoms in total. The number of methoxy groups -OCH3 is 1. The lowest BCUT2D eigenvalue weighted by atomic mass is 10.00. The summed E-state index contributed by atoms with van der Waals surface area (Å²) in [4.78, 5) is 16.9. The molecule has 0 saturated heterocycles. The molecule has 3 N–H and O–H groups in total. The molecule has 1 aliphatic rings. The molecular weight excluding hydrogens is 416 g/mol. The molecule has 0 atom stereocenters. The Morgan fingerprint density at radius 3 is 2.61 bits per heavy atom. The summed E-state index contributed by atoms with van der Waals surface area (Å²) in [5.74, 6) is 0.626. The summed E-state index contributed by atoms with van der Waals surface area (Å²) in [6.07, 6.45) is 5.99. The molecule has 2 heterocycles. The second kappa shape index (κ2) is 8.80. The van der Waals surface area contributed by atoms with Gasteiger partial charge >= 0.3 is 0 Å². The van der Waals surface area contributed by atoms with E-state index in [1.165, 1.54) is 0 Å². The fourth-order valence-electron chi connectivity index (χ4n) is 4.08. The number of carbonyl (C=O) groups excluding carboxylic acids is 1. The number of imidazole rings is 1. The lowest BCUT2D eigenvalue weighted by molar-refractivity contribution is 0.102. The highest BCUT2D eigenvalue weighted by Crippen LogP contribution is 2.36. The second-order valence-corrected chi connectivity index (χ2v) is 7.95. The number of aromatic nitrogens is 2. The van der Waals surface area contributed by atoms with Crippen molar-refractivity contribution < 1.29 is 14.6 Å². The maximum absolute atomic E-state index is 12.9. The van der Waals surface area contributed by atoms with Crippen LogP contribution in [0.5, 0.6) is 5.75 Å². The summed E-state index contributed by atoms with van der Waals surface area (Å²) >= 11 is 0. The van der Waals surface area contributed by atoms with Crippen LogP contribution in [-0.4, -0.2) is 34.3 Å². The van der Waals surface area contributed by atoms with E-state index in [4.69, 9.17) is 4.74 Å². The SMILES string of the molecule is COc1cc(-c2ccc3c(c2)Nc2ccc(CCO)cc2NC3=O)ccc1Cn1ccnc1. The average Bonchev–Trinajstić information content (AvgIpc) is 3.29. The van der Waals surface area contributed by atoms with Crippen molar-refractivity contribution in [2.45, 2.75) is 13.0 Å². The first kappa shape index (κ1) is 20.8. The summed E-state index contributed by atoms with van der Waals surface area (Å²) in [7, 11) is 1.67. The smallest absolute Gasteiger partial charge is 0.257 e. The van der Waals surface area contributed by atoms with Gasteiger partial charge in [0.25, 0.3) is 5.91 Å². The highest BCUT2D eigenvalue weighted by atomic mass is 16.5. The Labute approximate surface area is 191 Å². The molecule has 1 amide bonds. The molecule has 1 aliphatic heterocycles. The van der Waals surface area contributed by atoms with Gasteiger partial charge in [-0.3, -0.25) is 4.79 Å². The zero-order chi connectivity index (χ0) is 22.8. The molecule has 1 aromatic heterocycles. The number of hydrogen-bond donors (Lipinski definition) is 3. The Morgan fingerprint density at radius 1 is 0.970 bits per heavy atom. The number of nitrogens with one attached hydrogen (secondary N) is 2. The van der Waals surface area contributed by atoms with Gasteiger partial charge in [0.05, 0.1) is 42.6 Å². The van der Waals surface area contributed by atoms with E-state index in [9.17, 15) is 9.90 Å². The minimum Gasteiger partial charge on any atom is -0.496 e. The van der Waals surface area contributed by atoms with E-state index in [-0.39, 0.29) is 12.5 Å². The largest absolute Gasteiger partial charge is 0.496 e. The molecule has 3 aromatic carbocycles. The van der Waals surface area contributed by atoms with Gasteiger partial charge in [0.15, 0.2) is 0 Å². The topological polar surface area (TPSA) is 88.4 Å². The predicted molar refractivity (Wildman–Crippen MR) is 128 cm³/mol. The predicted octanol–water partition coefficient (Wildman–Crippen LogP) is 4.45. The third kappa shape index (κ3) is 4.18. The zero-order valence-corrected chi connectivity index (χ0v) is 18.2. The van der Waals surface area contributed by atoms with Gasteiger partial charge in [0.2, 0.25) is 0 Å². The molecule has 0 bridgehead atoms. The van der Waals surface area contributed by atoms with Crippen molar-refractivity contribution in [2.24, 2.45) is 0 Å². The number of aliphatic hydroxyl groups is 1. The molecule has 0 aliphatic carbocycles. The monoisotopic (exact) mass is 440 g/mol. The molecule has 0 radical (unpaired) electrons. The molecule has 0 unspecified atom stereocenters. The Hall–Kier alpha value is -4.10. The zero-order valence-electron chi connectivity index (χ0n) is 18.2. The summed E-state index contributed by atoms with van der Waals surface area (Å²) in [5.41, 5.74) is 6.81. The maximum atomic E-state index is 12.9. The molecule has 0 saturated carbocycles. The molecule has 166 valence electrons. The van der Waals surface area contributed by atoms with E-state index in [2.05, 4.69) is 27.8 Å². The van der Waals surface area contributed by atoms with Gasteiger partial charge in [0.1, 0.15) is 5.75 Å². The molecule has 4 aromatic rings. The van der Waals surface area contributed by atoms with Gasteiger partial charge in [-0.2, -0.15) is 0 Å². The third-order valence-electron chi connectivity index (χ3n) is 5.80. The Balaban J connectivity index is 1.48. The van der Waals surface area contributed by atoms with Crippen molar-refractivity contribution in [1.82, 2.24) is 9.55 Å². The summed E-state index contributed by atoms with van der Waals surface area (Å²) in [6, 6.07) is 17.7. The fourth-order valence-corrected chi connectivity index (χ4v) is 4.08. The van der Waals surface area contributed by atoms with Crippen LogP contribution in [-0.2, 0) is 13.0 Å². The summed E-state index contributed by atoms with van der Waals surface area (Å²) in [5, 5.41) is 15.6. The Morgan fingerprint density at radius 2 is 1.82 bits per heavy atom. The first-order valence-electron chi connectivity index (χ1n) is 10.7. The fraction of sp³-hybridized carbons (Fsp3) is 0.154. The first-order valence-corrected chi connectivity index (χ1v) is 10.7. The standard InChI is InChI=1S/C26H24N4O3/c1-33-25-14-19(3-4-20(25)15-30-10-9-27-16-30)18-5-6-21-23(13-18)28-22-7-2-17(8-11-31)12-24(22)29-26(21)32/h2-7,9-10,12-14,16,28,31H,8,11,15H2,1H3,(H,29,32). The quantitative estimate of drug-likeness (QED) is 0.412. The molecule has 5 rings (SSSR count). The van der Waals surface area contributed by atoms with Crippen molar-refractivity contribution in [2.75, 3.05) is 24.4 Å². The van der Waals surface area contributed by atoms with E-state index < -0.39 is 0 Å². The lowest BCUT2D eigenvalue weighted by Crippen LogP contribution is -2.11. The van der Waals surface area contributed by atoms with Gasteiger partial charge in [-0.15, -0.1) is 0 Å². The van der Waals surface area contributed by atoms with Crippen LogP contribution in [0.25, 0.3) is 11.1 Å². The van der Waals surface area contributed by atoms with E-state index in [1.807, 2.05) is 53.2 Å². The number of anilines is 3. The highest BCUT2D eigenvalue weighted by Gasteiger charge is 2.20. The highest BCUT2D eigenvalue weighted by molar-refractivity contribution is 6.12. The van der Waals surface area contributed by atoms with E-state index >= 15 is 0 Å². The minimum absolute atomic E-state index is 0.0638. The van der Waals surface area contributed by atoms with Gasteiger partial charge in [0, 0.05) is 24.6 Å². The van der Waals surface area contributed by atoms with Crippen LogP contribution >= 0.6 is 0 Å². The number of fused-ring (bicyclic) bond motifs is 2. The van der Waals surface area contributed by atoms with Crippen molar-refractivity contribution in [3.05, 3.63) is 90.0 Å². The molecule has 7 heteroatoms. The summed E-state index contributed by atoms with van der Waals surface area (Å²) < 4.78 is 7.64. The van der Waals surface area contributed by atoms with Crippen LogP contribution in [0.15, 0.2) is 73.3 Å². The molecule has 0 spiro atoms. The number of carbonyl (C=O) groups is 1. The van der Waals surface area contributed by atoms with E-state index in [1.54, 1.807) is 19.6 Å². The van der Waals surface area contributed by atoms with Crippen molar-refractivity contribution >= 4 is 23.0 Å². The summed E-state index contributed by atoms with van der Waals surface area (Å²) in [6.45, 7) is 0.735. The minimum atomic E-state index is -0.169. The van der Waals surface area contributed by atoms with E-state index in [0.717, 1.165) is 39.4 Å². The van der Waals surface area contributed by atoms with Crippen LogP contribution in [0.2, 0.25) is 0 Å². The number of nitrogens with zero attached hydrogens (tertiary/aromatic N) is 2.